The normalized spacial score (nSPS) is 24.4. The predicted molar refractivity (Wildman–Crippen MR) is 73.6 cm³/mol. The monoisotopic (exact) mass is 277 g/mol. The van der Waals surface area contributed by atoms with Crippen molar-refractivity contribution in [3.63, 3.8) is 0 Å². The minimum absolute atomic E-state index is 0.0717. The molecule has 20 heavy (non-hydrogen) atoms. The first-order chi connectivity index (χ1) is 9.63. The van der Waals surface area contributed by atoms with E-state index in [1.165, 1.54) is 14.2 Å². The van der Waals surface area contributed by atoms with Gasteiger partial charge in [-0.05, 0) is 12.3 Å². The maximum Gasteiger partial charge on any atom is 0.354 e. The van der Waals surface area contributed by atoms with E-state index in [1.54, 1.807) is 6.08 Å². The van der Waals surface area contributed by atoms with E-state index in [4.69, 9.17) is 9.47 Å². The van der Waals surface area contributed by atoms with Crippen molar-refractivity contribution >= 4 is 11.9 Å². The number of nitrogens with zero attached hydrogens (tertiary/aromatic N) is 1. The van der Waals surface area contributed by atoms with Gasteiger partial charge in [0.05, 0.1) is 19.8 Å². The van der Waals surface area contributed by atoms with E-state index >= 15 is 0 Å². The van der Waals surface area contributed by atoms with Gasteiger partial charge in [0.25, 0.3) is 0 Å². The molecular formula is C15H19NO4. The third kappa shape index (κ3) is 2.35. The van der Waals surface area contributed by atoms with Gasteiger partial charge in [-0.1, -0.05) is 18.2 Å². The largest absolute Gasteiger partial charge is 0.466 e. The molecule has 0 amide bonds. The van der Waals surface area contributed by atoms with Crippen LogP contribution >= 0.6 is 0 Å². The first-order valence-corrected chi connectivity index (χ1v) is 6.57. The van der Waals surface area contributed by atoms with Crippen molar-refractivity contribution in [1.82, 2.24) is 4.90 Å². The van der Waals surface area contributed by atoms with Crippen LogP contribution in [0.4, 0.5) is 0 Å². The van der Waals surface area contributed by atoms with E-state index in [2.05, 4.69) is 6.58 Å². The molecule has 0 fully saturated rings. The van der Waals surface area contributed by atoms with Crippen LogP contribution in [-0.4, -0.2) is 44.1 Å². The summed E-state index contributed by atoms with van der Waals surface area (Å²) < 4.78 is 9.69. The molecule has 1 aliphatic heterocycles. The average Bonchev–Trinajstić information content (AvgIpc) is 2.92. The Labute approximate surface area is 118 Å². The van der Waals surface area contributed by atoms with Gasteiger partial charge in [0.1, 0.15) is 5.70 Å². The molecule has 1 heterocycles. The second-order valence-electron chi connectivity index (χ2n) is 4.89. The number of ether oxygens (including phenoxy) is 2. The fraction of sp³-hybridized carbons (Fsp3) is 0.467. The zero-order valence-corrected chi connectivity index (χ0v) is 11.8. The molecule has 0 unspecified atom stereocenters. The van der Waals surface area contributed by atoms with Crippen LogP contribution in [0.25, 0.3) is 0 Å². The van der Waals surface area contributed by atoms with Crippen molar-refractivity contribution in [1.29, 1.82) is 0 Å². The summed E-state index contributed by atoms with van der Waals surface area (Å²) in [6.45, 7) is 4.90. The molecule has 2 rings (SSSR count). The molecule has 5 nitrogen and oxygen atoms in total. The first-order valence-electron chi connectivity index (χ1n) is 6.57. The molecule has 0 aromatic heterocycles. The van der Waals surface area contributed by atoms with E-state index < -0.39 is 11.9 Å². The summed E-state index contributed by atoms with van der Waals surface area (Å²) in [5.41, 5.74) is 0.693. The zero-order valence-electron chi connectivity index (χ0n) is 11.8. The number of methoxy groups -OCH3 is 2. The highest BCUT2D eigenvalue weighted by Crippen LogP contribution is 2.39. The molecule has 1 aliphatic carbocycles. The fourth-order valence-corrected chi connectivity index (χ4v) is 2.93. The number of carbonyl (C=O) groups is 2. The molecule has 0 saturated heterocycles. The van der Waals surface area contributed by atoms with Crippen LogP contribution in [0.15, 0.2) is 36.1 Å². The summed E-state index contributed by atoms with van der Waals surface area (Å²) in [6.07, 6.45) is 6.63. The molecule has 0 saturated carbocycles. The lowest BCUT2D eigenvalue weighted by molar-refractivity contribution is -0.142. The highest BCUT2D eigenvalue weighted by atomic mass is 16.5. The number of fused-ring (bicyclic) bond motifs is 1. The highest BCUT2D eigenvalue weighted by molar-refractivity contribution is 6.01. The van der Waals surface area contributed by atoms with Crippen molar-refractivity contribution < 1.29 is 19.1 Å². The Kier molecular flexibility index (Phi) is 4.27. The Morgan fingerprint density at radius 3 is 2.70 bits per heavy atom. The quantitative estimate of drug-likeness (QED) is 0.572. The van der Waals surface area contributed by atoms with E-state index in [9.17, 15) is 9.59 Å². The van der Waals surface area contributed by atoms with Crippen molar-refractivity contribution in [3.8, 4) is 0 Å². The zero-order chi connectivity index (χ0) is 14.7. The molecule has 2 aliphatic rings. The molecule has 2 atom stereocenters. The Bertz CT molecular complexity index is 492. The molecule has 0 aromatic carbocycles. The Morgan fingerprint density at radius 2 is 2.10 bits per heavy atom. The average molecular weight is 277 g/mol. The van der Waals surface area contributed by atoms with Crippen LogP contribution < -0.4 is 0 Å². The lowest BCUT2D eigenvalue weighted by Crippen LogP contribution is -2.42. The number of carbonyl (C=O) groups excluding carboxylic acids is 2. The summed E-state index contributed by atoms with van der Waals surface area (Å²) in [7, 11) is 2.64. The molecule has 108 valence electrons. The van der Waals surface area contributed by atoms with E-state index in [0.29, 0.717) is 24.4 Å². The van der Waals surface area contributed by atoms with Gasteiger partial charge in [0.15, 0.2) is 0 Å². The number of rotatable bonds is 4. The Morgan fingerprint density at radius 1 is 1.40 bits per heavy atom. The maximum absolute atomic E-state index is 12.1. The molecule has 0 bridgehead atoms. The lowest BCUT2D eigenvalue weighted by Gasteiger charge is -2.37. The summed E-state index contributed by atoms with van der Waals surface area (Å²) >= 11 is 0. The molecule has 5 heteroatoms. The van der Waals surface area contributed by atoms with Crippen LogP contribution in [0.2, 0.25) is 0 Å². The second-order valence-corrected chi connectivity index (χ2v) is 4.89. The number of esters is 2. The minimum Gasteiger partial charge on any atom is -0.466 e. The van der Waals surface area contributed by atoms with Crippen LogP contribution in [0.1, 0.15) is 6.42 Å². The van der Waals surface area contributed by atoms with Gasteiger partial charge >= 0.3 is 11.9 Å². The number of hydrogen-bond donors (Lipinski definition) is 0. The van der Waals surface area contributed by atoms with Gasteiger partial charge in [0, 0.05) is 19.0 Å². The van der Waals surface area contributed by atoms with Gasteiger partial charge in [-0.25, -0.2) is 9.59 Å². The maximum atomic E-state index is 12.1. The fourth-order valence-electron chi connectivity index (χ4n) is 2.93. The van der Waals surface area contributed by atoms with E-state index in [-0.39, 0.29) is 11.8 Å². The van der Waals surface area contributed by atoms with Gasteiger partial charge in [0.2, 0.25) is 0 Å². The third-order valence-electron chi connectivity index (χ3n) is 3.78. The van der Waals surface area contributed by atoms with Crippen LogP contribution in [0.3, 0.4) is 0 Å². The van der Waals surface area contributed by atoms with E-state index in [0.717, 1.165) is 6.42 Å². The standard InChI is InChI=1S/C15H19NO4/c1-4-8-16-9-10-6-5-7-11(10)12(14(17)19-2)13(16)15(18)20-3/h4-5,7,10-11H,1,6,8-9H2,2-3H3/t10-,11-/m0/s1. The minimum atomic E-state index is -0.508. The van der Waals surface area contributed by atoms with Crippen molar-refractivity contribution in [2.24, 2.45) is 11.8 Å². The predicted octanol–water partition coefficient (Wildman–Crippen LogP) is 1.28. The third-order valence-corrected chi connectivity index (χ3v) is 3.78. The molecular weight excluding hydrogens is 258 g/mol. The Hall–Kier alpha value is -2.04. The van der Waals surface area contributed by atoms with Crippen LogP contribution in [0, 0.1) is 11.8 Å². The summed E-state index contributed by atoms with van der Waals surface area (Å²) in [4.78, 5) is 26.0. The second kappa shape index (κ2) is 5.94. The van der Waals surface area contributed by atoms with Crippen molar-refractivity contribution in [3.05, 3.63) is 36.1 Å². The van der Waals surface area contributed by atoms with Gasteiger partial charge in [-0.3, -0.25) is 0 Å². The van der Waals surface area contributed by atoms with Gasteiger partial charge in [-0.2, -0.15) is 0 Å². The van der Waals surface area contributed by atoms with Crippen molar-refractivity contribution in [2.75, 3.05) is 27.3 Å². The van der Waals surface area contributed by atoms with E-state index in [1.807, 2.05) is 17.1 Å². The topological polar surface area (TPSA) is 55.8 Å². The first kappa shape index (κ1) is 14.4. The molecule has 0 radical (unpaired) electrons. The van der Waals surface area contributed by atoms with Gasteiger partial charge in [-0.15, -0.1) is 6.58 Å². The smallest absolute Gasteiger partial charge is 0.354 e. The summed E-state index contributed by atoms with van der Waals surface area (Å²) in [5, 5.41) is 0. The SMILES string of the molecule is C=CCN1C[C@@H]2CC=C[C@@H]2C(C(=O)OC)=C1C(=O)OC. The summed E-state index contributed by atoms with van der Waals surface area (Å²) in [6, 6.07) is 0. The van der Waals surface area contributed by atoms with Crippen LogP contribution in [-0.2, 0) is 19.1 Å². The molecule has 0 spiro atoms. The summed E-state index contributed by atoms with van der Waals surface area (Å²) in [5.74, 6) is -0.762. The Balaban J connectivity index is 2.53. The van der Waals surface area contributed by atoms with Gasteiger partial charge < -0.3 is 14.4 Å². The number of hydrogen-bond acceptors (Lipinski definition) is 5. The highest BCUT2D eigenvalue weighted by Gasteiger charge is 2.41. The molecule has 0 aromatic rings. The van der Waals surface area contributed by atoms with Crippen LogP contribution in [0.5, 0.6) is 0 Å². The number of allylic oxidation sites excluding steroid dienone is 2. The lowest BCUT2D eigenvalue weighted by atomic mass is 9.83. The molecule has 0 N–H and O–H groups in total. The van der Waals surface area contributed by atoms with Crippen molar-refractivity contribution in [2.45, 2.75) is 6.42 Å².